The first-order valence-electron chi connectivity index (χ1n) is 5.21. The van der Waals surface area contributed by atoms with E-state index in [1.54, 1.807) is 18.2 Å². The molecule has 0 aromatic heterocycles. The predicted molar refractivity (Wildman–Crippen MR) is 68.0 cm³/mol. The summed E-state index contributed by atoms with van der Waals surface area (Å²) in [5, 5.41) is 0.591. The molecule has 2 aromatic rings. The maximum absolute atomic E-state index is 11.1. The van der Waals surface area contributed by atoms with Crippen LogP contribution in [0.3, 0.4) is 0 Å². The number of hydrogen-bond donors (Lipinski definition) is 1. The first kappa shape index (κ1) is 10.5. The van der Waals surface area contributed by atoms with Gasteiger partial charge in [-0.1, -0.05) is 36.4 Å². The summed E-state index contributed by atoms with van der Waals surface area (Å²) in [6.45, 7) is 0. The molecule has 3 nitrogen and oxygen atoms in total. The molecule has 2 aromatic carbocycles. The molecular formula is C13H10O3P+. The van der Waals surface area contributed by atoms with E-state index in [2.05, 4.69) is 0 Å². The van der Waals surface area contributed by atoms with Crippen LogP contribution in [0.15, 0.2) is 48.5 Å². The predicted octanol–water partition coefficient (Wildman–Crippen LogP) is 2.40. The van der Waals surface area contributed by atoms with Gasteiger partial charge in [-0.3, -0.25) is 0 Å². The van der Waals surface area contributed by atoms with Gasteiger partial charge in [-0.15, -0.1) is 0 Å². The van der Waals surface area contributed by atoms with Crippen molar-refractivity contribution in [2.75, 3.05) is 0 Å². The van der Waals surface area contributed by atoms with Crippen LogP contribution in [0.1, 0.15) is 0 Å². The second kappa shape index (κ2) is 3.66. The molecule has 0 bridgehead atoms. The zero-order valence-electron chi connectivity index (χ0n) is 8.91. The molecule has 1 heterocycles. The van der Waals surface area contributed by atoms with E-state index in [0.717, 1.165) is 11.1 Å². The molecule has 1 aliphatic heterocycles. The van der Waals surface area contributed by atoms with E-state index in [0.29, 0.717) is 17.1 Å². The summed E-state index contributed by atoms with van der Waals surface area (Å²) >= 11 is 0. The standard InChI is InChI=1S/C13H10O3P/c14-9-17(15)13-8-4-2-6-11(13)10-5-1-3-7-12(10)16-17/h1-9,15H/q+1. The topological polar surface area (TPSA) is 46.5 Å². The molecule has 0 saturated heterocycles. The fraction of sp³-hybridized carbons (Fsp3) is 0. The van der Waals surface area contributed by atoms with E-state index >= 15 is 0 Å². The minimum Gasteiger partial charge on any atom is -0.305 e. The van der Waals surface area contributed by atoms with Crippen molar-refractivity contribution in [1.29, 1.82) is 0 Å². The smallest absolute Gasteiger partial charge is 0.305 e. The highest BCUT2D eigenvalue weighted by Gasteiger charge is 2.49. The minimum atomic E-state index is -3.15. The highest BCUT2D eigenvalue weighted by atomic mass is 31.2. The highest BCUT2D eigenvalue weighted by molar-refractivity contribution is 7.87. The lowest BCUT2D eigenvalue weighted by atomic mass is 10.0. The Labute approximate surface area is 99.2 Å². The molecule has 1 atom stereocenters. The van der Waals surface area contributed by atoms with Crippen molar-refractivity contribution in [2.24, 2.45) is 0 Å². The van der Waals surface area contributed by atoms with Crippen molar-refractivity contribution in [3.05, 3.63) is 48.5 Å². The molecule has 0 aliphatic carbocycles. The van der Waals surface area contributed by atoms with E-state index in [1.165, 1.54) is 0 Å². The molecule has 84 valence electrons. The fourth-order valence-corrected chi connectivity index (χ4v) is 3.58. The second-order valence-electron chi connectivity index (χ2n) is 3.83. The molecule has 1 aliphatic rings. The van der Waals surface area contributed by atoms with Gasteiger partial charge in [0, 0.05) is 11.1 Å². The molecular weight excluding hydrogens is 235 g/mol. The maximum atomic E-state index is 11.1. The van der Waals surface area contributed by atoms with Crippen molar-refractivity contribution >= 4 is 19.0 Å². The van der Waals surface area contributed by atoms with Crippen molar-refractivity contribution in [1.82, 2.24) is 0 Å². The molecule has 0 saturated carbocycles. The maximum Gasteiger partial charge on any atom is 0.415 e. The van der Waals surface area contributed by atoms with Crippen molar-refractivity contribution in [3.8, 4) is 16.9 Å². The minimum absolute atomic E-state index is 0.530. The monoisotopic (exact) mass is 245 g/mol. The summed E-state index contributed by atoms with van der Waals surface area (Å²) in [7, 11) is -3.15. The Balaban J connectivity index is 2.34. The van der Waals surface area contributed by atoms with Crippen molar-refractivity contribution in [2.45, 2.75) is 0 Å². The van der Waals surface area contributed by atoms with Gasteiger partial charge in [-0.25, -0.2) is 4.79 Å². The summed E-state index contributed by atoms with van der Waals surface area (Å²) in [5.41, 5.74) is 1.78. The normalized spacial score (nSPS) is 21.0. The van der Waals surface area contributed by atoms with E-state index < -0.39 is 7.72 Å². The Bertz CT molecular complexity index is 597. The van der Waals surface area contributed by atoms with Gasteiger partial charge < -0.3 is 4.52 Å². The van der Waals surface area contributed by atoms with Crippen LogP contribution in [-0.4, -0.2) is 10.9 Å². The molecule has 17 heavy (non-hydrogen) atoms. The molecule has 1 N–H and O–H groups in total. The summed E-state index contributed by atoms with van der Waals surface area (Å²) in [4.78, 5) is 21.4. The van der Waals surface area contributed by atoms with Gasteiger partial charge in [0.05, 0.1) is 0 Å². The number of hydrogen-bond acceptors (Lipinski definition) is 3. The number of benzene rings is 2. The van der Waals surface area contributed by atoms with Gasteiger partial charge in [0.25, 0.3) is 0 Å². The van der Waals surface area contributed by atoms with E-state index in [9.17, 15) is 9.69 Å². The van der Waals surface area contributed by atoms with Gasteiger partial charge in [0.2, 0.25) is 0 Å². The first-order chi connectivity index (χ1) is 8.24. The Kier molecular flexibility index (Phi) is 2.25. The number of para-hydroxylation sites is 1. The summed E-state index contributed by atoms with van der Waals surface area (Å²) in [6, 6.07) is 15.3. The average molecular weight is 245 g/mol. The van der Waals surface area contributed by atoms with Crippen LogP contribution >= 0.6 is 7.72 Å². The summed E-state index contributed by atoms with van der Waals surface area (Å²) in [6.07, 6.45) is 0. The molecule has 4 heteroatoms. The van der Waals surface area contributed by atoms with Gasteiger partial charge in [-0.2, -0.15) is 4.89 Å². The van der Waals surface area contributed by atoms with Crippen molar-refractivity contribution < 1.29 is 14.2 Å². The fourth-order valence-electron chi connectivity index (χ4n) is 2.03. The highest BCUT2D eigenvalue weighted by Crippen LogP contribution is 2.58. The van der Waals surface area contributed by atoms with Crippen LogP contribution in [-0.2, 0) is 4.79 Å². The van der Waals surface area contributed by atoms with Crippen LogP contribution in [0.5, 0.6) is 5.75 Å². The SMILES string of the molecule is O=C[P+]1(O)Oc2ccccc2-c2ccccc21. The summed E-state index contributed by atoms with van der Waals surface area (Å²) in [5.74, 6) is 0.564. The molecule has 0 spiro atoms. The number of carbonyl (C=O) groups excluding carboxylic acids is 1. The Morgan fingerprint density at radius 1 is 1.00 bits per heavy atom. The number of rotatable bonds is 1. The molecule has 0 fully saturated rings. The Hall–Kier alpha value is -1.70. The van der Waals surface area contributed by atoms with E-state index in [1.807, 2.05) is 30.3 Å². The lowest BCUT2D eigenvalue weighted by molar-refractivity contribution is 0.474. The molecule has 3 rings (SSSR count). The van der Waals surface area contributed by atoms with Crippen molar-refractivity contribution in [3.63, 3.8) is 0 Å². The first-order valence-corrected chi connectivity index (χ1v) is 6.94. The number of carbonyl (C=O) groups is 1. The quantitative estimate of drug-likeness (QED) is 0.620. The van der Waals surface area contributed by atoms with Gasteiger partial charge in [0.15, 0.2) is 11.1 Å². The third kappa shape index (κ3) is 1.47. The van der Waals surface area contributed by atoms with Gasteiger partial charge in [-0.05, 0) is 12.1 Å². The van der Waals surface area contributed by atoms with Gasteiger partial charge >= 0.3 is 13.7 Å². The third-order valence-electron chi connectivity index (χ3n) is 2.81. The molecule has 0 radical (unpaired) electrons. The van der Waals surface area contributed by atoms with Crippen LogP contribution < -0.4 is 9.83 Å². The van der Waals surface area contributed by atoms with E-state index in [-0.39, 0.29) is 0 Å². The van der Waals surface area contributed by atoms with Crippen LogP contribution in [0.4, 0.5) is 0 Å². The Morgan fingerprint density at radius 3 is 2.41 bits per heavy atom. The lowest BCUT2D eigenvalue weighted by Gasteiger charge is -2.22. The van der Waals surface area contributed by atoms with E-state index in [4.69, 9.17) is 4.52 Å². The van der Waals surface area contributed by atoms with Crippen LogP contribution in [0.25, 0.3) is 11.1 Å². The zero-order chi connectivity index (χ0) is 11.9. The summed E-state index contributed by atoms with van der Waals surface area (Å²) < 4.78 is 5.49. The van der Waals surface area contributed by atoms with Crippen LogP contribution in [0.2, 0.25) is 0 Å². The largest absolute Gasteiger partial charge is 0.415 e. The van der Waals surface area contributed by atoms with Gasteiger partial charge in [0.1, 0.15) is 0 Å². The number of fused-ring (bicyclic) bond motifs is 3. The Morgan fingerprint density at radius 2 is 1.65 bits per heavy atom. The third-order valence-corrected chi connectivity index (χ3v) is 4.65. The lowest BCUT2D eigenvalue weighted by Crippen LogP contribution is -2.23. The average Bonchev–Trinajstić information content (AvgIpc) is 2.39. The molecule has 1 unspecified atom stereocenters. The second-order valence-corrected chi connectivity index (χ2v) is 5.95. The van der Waals surface area contributed by atoms with Crippen LogP contribution in [0, 0.1) is 0 Å². The molecule has 0 amide bonds. The zero-order valence-corrected chi connectivity index (χ0v) is 9.80.